The number of piperazine rings is 1. The Morgan fingerprint density at radius 3 is 2.13 bits per heavy atom. The molecule has 2 aliphatic heterocycles. The van der Waals surface area contributed by atoms with Crippen LogP contribution in [0.1, 0.15) is 0 Å². The molecule has 9 heteroatoms. The molecule has 0 spiro atoms. The van der Waals surface area contributed by atoms with Crippen molar-refractivity contribution in [1.29, 1.82) is 0 Å². The molecule has 2 fully saturated rings. The zero-order chi connectivity index (χ0) is 16.6. The number of rotatable bonds is 3. The maximum atomic E-state index is 12.8. The monoisotopic (exact) mass is 377 g/mol. The van der Waals surface area contributed by atoms with Gasteiger partial charge in [0.1, 0.15) is 4.90 Å². The molecule has 3 rings (SSSR count). The molecule has 0 radical (unpaired) electrons. The van der Waals surface area contributed by atoms with Crippen molar-refractivity contribution >= 4 is 39.1 Å². The summed E-state index contributed by atoms with van der Waals surface area (Å²) in [7, 11) is -3.77. The molecular formula is C14H17Cl2N3O3S. The van der Waals surface area contributed by atoms with E-state index in [-0.39, 0.29) is 39.9 Å². The fraction of sp³-hybridized carbons (Fsp3) is 0.500. The van der Waals surface area contributed by atoms with E-state index >= 15 is 0 Å². The molecule has 23 heavy (non-hydrogen) atoms. The van der Waals surface area contributed by atoms with Gasteiger partial charge in [-0.2, -0.15) is 4.31 Å². The highest BCUT2D eigenvalue weighted by atomic mass is 35.5. The Bertz CT molecular complexity index is 694. The van der Waals surface area contributed by atoms with Crippen LogP contribution in [0.25, 0.3) is 0 Å². The molecule has 1 N–H and O–H groups in total. The first-order valence-corrected chi connectivity index (χ1v) is 9.54. The maximum absolute atomic E-state index is 12.8. The van der Waals surface area contributed by atoms with Crippen molar-refractivity contribution in [3.63, 3.8) is 0 Å². The summed E-state index contributed by atoms with van der Waals surface area (Å²) in [5.74, 6) is 0.118. The van der Waals surface area contributed by atoms with Gasteiger partial charge in [0.25, 0.3) is 0 Å². The fourth-order valence-electron chi connectivity index (χ4n) is 2.73. The lowest BCUT2D eigenvalue weighted by atomic mass is 10.0. The van der Waals surface area contributed by atoms with E-state index in [1.807, 2.05) is 0 Å². The Balaban J connectivity index is 1.72. The van der Waals surface area contributed by atoms with Crippen LogP contribution in [0.4, 0.5) is 0 Å². The van der Waals surface area contributed by atoms with Gasteiger partial charge in [-0.1, -0.05) is 29.3 Å². The number of hydrogen-bond acceptors (Lipinski definition) is 4. The highest BCUT2D eigenvalue weighted by Crippen LogP contribution is 2.31. The smallest absolute Gasteiger partial charge is 0.246 e. The minimum Gasteiger partial charge on any atom is -0.340 e. The molecule has 0 saturated carbocycles. The van der Waals surface area contributed by atoms with Gasteiger partial charge in [-0.25, -0.2) is 8.42 Å². The predicted octanol–water partition coefficient (Wildman–Crippen LogP) is 1.05. The Morgan fingerprint density at radius 2 is 1.65 bits per heavy atom. The van der Waals surface area contributed by atoms with Crippen LogP contribution < -0.4 is 5.32 Å². The summed E-state index contributed by atoms with van der Waals surface area (Å²) in [6.45, 7) is 2.66. The van der Waals surface area contributed by atoms with Gasteiger partial charge in [-0.15, -0.1) is 0 Å². The number of benzene rings is 1. The first kappa shape index (κ1) is 17.0. The normalized spacial score (nSPS) is 20.3. The first-order chi connectivity index (χ1) is 10.9. The van der Waals surface area contributed by atoms with E-state index in [0.29, 0.717) is 26.2 Å². The summed E-state index contributed by atoms with van der Waals surface area (Å²) < 4.78 is 26.8. The number of nitrogens with one attached hydrogen (secondary N) is 1. The minimum atomic E-state index is -3.77. The molecule has 2 heterocycles. The van der Waals surface area contributed by atoms with Crippen molar-refractivity contribution in [3.05, 3.63) is 28.2 Å². The van der Waals surface area contributed by atoms with Crippen LogP contribution in [0.15, 0.2) is 23.1 Å². The number of nitrogens with zero attached hydrogens (tertiary/aromatic N) is 2. The van der Waals surface area contributed by atoms with Crippen LogP contribution in [0.2, 0.25) is 10.0 Å². The molecule has 0 atom stereocenters. The maximum Gasteiger partial charge on any atom is 0.246 e. The fourth-order valence-corrected chi connectivity index (χ4v) is 5.24. The lowest BCUT2D eigenvalue weighted by molar-refractivity contribution is -0.138. The standard InChI is InChI=1S/C14H17Cl2N3O3S/c15-11-2-1-3-12(16)13(11)23(21,22)19-6-4-18(5-7-19)14(20)10-8-17-9-10/h1-3,10,17H,4-9H2. The first-order valence-electron chi connectivity index (χ1n) is 7.35. The molecule has 2 aliphatic rings. The van der Waals surface area contributed by atoms with E-state index in [4.69, 9.17) is 23.2 Å². The van der Waals surface area contributed by atoms with Crippen LogP contribution in [-0.4, -0.2) is 62.8 Å². The van der Waals surface area contributed by atoms with Gasteiger partial charge in [0.2, 0.25) is 15.9 Å². The lowest BCUT2D eigenvalue weighted by Crippen LogP contribution is -2.57. The summed E-state index contributed by atoms with van der Waals surface area (Å²) >= 11 is 12.0. The summed E-state index contributed by atoms with van der Waals surface area (Å²) in [6, 6.07) is 4.61. The zero-order valence-corrected chi connectivity index (χ0v) is 14.7. The second-order valence-electron chi connectivity index (χ2n) is 5.64. The van der Waals surface area contributed by atoms with E-state index in [1.165, 1.54) is 16.4 Å². The molecule has 1 amide bonds. The largest absolute Gasteiger partial charge is 0.340 e. The van der Waals surface area contributed by atoms with Crippen LogP contribution >= 0.6 is 23.2 Å². The molecule has 0 bridgehead atoms. The minimum absolute atomic E-state index is 0.0242. The third-order valence-corrected chi connectivity index (χ3v) is 7.05. The number of carbonyl (C=O) groups is 1. The number of hydrogen-bond donors (Lipinski definition) is 1. The second-order valence-corrected chi connectivity index (χ2v) is 8.32. The van der Waals surface area contributed by atoms with Gasteiger partial charge >= 0.3 is 0 Å². The summed E-state index contributed by atoms with van der Waals surface area (Å²) in [6.07, 6.45) is 0. The summed E-state index contributed by atoms with van der Waals surface area (Å²) in [5, 5.41) is 3.28. The Kier molecular flexibility index (Phi) is 4.85. The highest BCUT2D eigenvalue weighted by Gasteiger charge is 2.35. The Morgan fingerprint density at radius 1 is 1.09 bits per heavy atom. The molecule has 0 aliphatic carbocycles. The lowest BCUT2D eigenvalue weighted by Gasteiger charge is -2.38. The van der Waals surface area contributed by atoms with Crippen molar-refractivity contribution in [2.75, 3.05) is 39.3 Å². The zero-order valence-electron chi connectivity index (χ0n) is 12.3. The van der Waals surface area contributed by atoms with Crippen molar-refractivity contribution in [1.82, 2.24) is 14.5 Å². The Labute approximate surface area is 145 Å². The SMILES string of the molecule is O=C(C1CNC1)N1CCN(S(=O)(=O)c2c(Cl)cccc2Cl)CC1. The molecule has 0 unspecified atom stereocenters. The quantitative estimate of drug-likeness (QED) is 0.854. The van der Waals surface area contributed by atoms with Gasteiger partial charge in [-0.05, 0) is 12.1 Å². The third kappa shape index (κ3) is 3.21. The molecule has 6 nitrogen and oxygen atoms in total. The predicted molar refractivity (Wildman–Crippen MR) is 88.2 cm³/mol. The van der Waals surface area contributed by atoms with Crippen LogP contribution in [0.5, 0.6) is 0 Å². The number of carbonyl (C=O) groups excluding carboxylic acids is 1. The average Bonchev–Trinajstić information content (AvgIpc) is 2.45. The highest BCUT2D eigenvalue weighted by molar-refractivity contribution is 7.89. The van der Waals surface area contributed by atoms with Crippen molar-refractivity contribution in [2.24, 2.45) is 5.92 Å². The van der Waals surface area contributed by atoms with Crippen molar-refractivity contribution in [3.8, 4) is 0 Å². The van der Waals surface area contributed by atoms with E-state index in [0.717, 1.165) is 0 Å². The molecule has 126 valence electrons. The number of sulfonamides is 1. The van der Waals surface area contributed by atoms with E-state index in [1.54, 1.807) is 11.0 Å². The van der Waals surface area contributed by atoms with Crippen molar-refractivity contribution in [2.45, 2.75) is 4.90 Å². The van der Waals surface area contributed by atoms with Crippen LogP contribution in [0, 0.1) is 5.92 Å². The van der Waals surface area contributed by atoms with E-state index < -0.39 is 10.0 Å². The molecular weight excluding hydrogens is 361 g/mol. The van der Waals surface area contributed by atoms with Crippen LogP contribution in [0.3, 0.4) is 0 Å². The van der Waals surface area contributed by atoms with Crippen molar-refractivity contribution < 1.29 is 13.2 Å². The van der Waals surface area contributed by atoms with Gasteiger partial charge in [0.05, 0.1) is 16.0 Å². The summed E-state index contributed by atoms with van der Waals surface area (Å²) in [4.78, 5) is 13.9. The molecule has 1 aromatic carbocycles. The van der Waals surface area contributed by atoms with Gasteiger partial charge in [-0.3, -0.25) is 4.79 Å². The third-order valence-electron chi connectivity index (χ3n) is 4.20. The number of halogens is 2. The van der Waals surface area contributed by atoms with Gasteiger partial charge in [0, 0.05) is 39.3 Å². The second kappa shape index (κ2) is 6.57. The molecule has 0 aromatic heterocycles. The van der Waals surface area contributed by atoms with Gasteiger partial charge < -0.3 is 10.2 Å². The van der Waals surface area contributed by atoms with E-state index in [9.17, 15) is 13.2 Å². The average molecular weight is 378 g/mol. The van der Waals surface area contributed by atoms with E-state index in [2.05, 4.69) is 5.32 Å². The summed E-state index contributed by atoms with van der Waals surface area (Å²) in [5.41, 5.74) is 0. The molecule has 2 saturated heterocycles. The number of amides is 1. The van der Waals surface area contributed by atoms with Crippen LogP contribution in [-0.2, 0) is 14.8 Å². The molecule has 1 aromatic rings. The Hall–Kier alpha value is -0.860. The van der Waals surface area contributed by atoms with Gasteiger partial charge in [0.15, 0.2) is 0 Å². The topological polar surface area (TPSA) is 69.7 Å².